The van der Waals surface area contributed by atoms with Crippen LogP contribution >= 0.6 is 38.6 Å². The summed E-state index contributed by atoms with van der Waals surface area (Å²) in [6.45, 7) is 0. The van der Waals surface area contributed by atoms with E-state index in [1.165, 1.54) is 18.4 Å². The first-order chi connectivity index (χ1) is 8.81. The van der Waals surface area contributed by atoms with Crippen LogP contribution in [0.1, 0.15) is 4.88 Å². The molecule has 3 heteroatoms. The van der Waals surface area contributed by atoms with Crippen molar-refractivity contribution in [3.63, 3.8) is 0 Å². The summed E-state index contributed by atoms with van der Waals surface area (Å²) in [5.41, 5.74) is 0. The number of hydrogen-bond acceptors (Lipinski definition) is 2. The normalized spacial score (nSPS) is 15.2. The molecule has 0 saturated heterocycles. The molecule has 2 aromatic rings. The quantitative estimate of drug-likeness (QED) is 0.646. The summed E-state index contributed by atoms with van der Waals surface area (Å²) in [5, 5.41) is 0. The lowest BCUT2D eigenvalue weighted by atomic mass is 10.1. The Morgan fingerprint density at radius 1 is 0.944 bits per heavy atom. The number of thiophene rings is 2. The van der Waals surface area contributed by atoms with Crippen LogP contribution in [0.2, 0.25) is 0 Å². The molecule has 0 aliphatic heterocycles. The second-order valence-electron chi connectivity index (χ2n) is 4.01. The summed E-state index contributed by atoms with van der Waals surface area (Å²) in [6.07, 6.45) is 13.0. The molecular weight excluding hydrogens is 324 g/mol. The second kappa shape index (κ2) is 5.39. The van der Waals surface area contributed by atoms with Crippen LogP contribution in [0, 0.1) is 5.92 Å². The Morgan fingerprint density at radius 2 is 1.67 bits per heavy atom. The smallest absolute Gasteiger partial charge is 0.0705 e. The van der Waals surface area contributed by atoms with Gasteiger partial charge in [0.25, 0.3) is 0 Å². The maximum absolute atomic E-state index is 3.51. The lowest BCUT2D eigenvalue weighted by molar-refractivity contribution is 1.10. The molecule has 1 aliphatic rings. The lowest BCUT2D eigenvalue weighted by Crippen LogP contribution is -1.78. The van der Waals surface area contributed by atoms with Gasteiger partial charge in [0, 0.05) is 20.5 Å². The highest BCUT2D eigenvalue weighted by atomic mass is 79.9. The number of halogens is 1. The predicted molar refractivity (Wildman–Crippen MR) is 86.1 cm³/mol. The molecule has 0 amide bonds. The zero-order chi connectivity index (χ0) is 12.4. The van der Waals surface area contributed by atoms with E-state index in [1.54, 1.807) is 11.3 Å². The van der Waals surface area contributed by atoms with Crippen LogP contribution in [-0.2, 0) is 0 Å². The van der Waals surface area contributed by atoms with Gasteiger partial charge in [0.15, 0.2) is 0 Å². The topological polar surface area (TPSA) is 0 Å². The first-order valence-corrected chi connectivity index (χ1v) is 8.12. The molecule has 0 radical (unpaired) electrons. The summed E-state index contributed by atoms with van der Waals surface area (Å²) < 4.78 is 1.18. The van der Waals surface area contributed by atoms with E-state index in [0.29, 0.717) is 5.92 Å². The third kappa shape index (κ3) is 2.74. The minimum atomic E-state index is 0.464. The van der Waals surface area contributed by atoms with Crippen LogP contribution in [0.5, 0.6) is 0 Å². The van der Waals surface area contributed by atoms with Gasteiger partial charge in [0.1, 0.15) is 0 Å². The molecule has 0 fully saturated rings. The minimum absolute atomic E-state index is 0.464. The summed E-state index contributed by atoms with van der Waals surface area (Å²) in [6, 6.07) is 8.65. The van der Waals surface area contributed by atoms with Crippen molar-refractivity contribution < 1.29 is 0 Å². The Balaban J connectivity index is 1.77. The van der Waals surface area contributed by atoms with Gasteiger partial charge < -0.3 is 0 Å². The van der Waals surface area contributed by atoms with E-state index < -0.39 is 0 Å². The predicted octanol–water partition coefficient (Wildman–Crippen LogP) is 5.99. The van der Waals surface area contributed by atoms with Gasteiger partial charge in [0.2, 0.25) is 0 Å². The summed E-state index contributed by atoms with van der Waals surface area (Å²) in [7, 11) is 0. The zero-order valence-electron chi connectivity index (χ0n) is 9.55. The number of allylic oxidation sites excluding steroid dienone is 5. The molecule has 18 heavy (non-hydrogen) atoms. The van der Waals surface area contributed by atoms with Gasteiger partial charge in [-0.15, -0.1) is 22.7 Å². The third-order valence-electron chi connectivity index (χ3n) is 2.70. The van der Waals surface area contributed by atoms with Crippen molar-refractivity contribution in [3.8, 4) is 9.75 Å². The Hall–Kier alpha value is -0.900. The van der Waals surface area contributed by atoms with E-state index in [-0.39, 0.29) is 0 Å². The molecule has 0 bridgehead atoms. The first kappa shape index (κ1) is 12.2. The van der Waals surface area contributed by atoms with E-state index in [2.05, 4.69) is 76.7 Å². The Labute approximate surface area is 123 Å². The molecule has 0 nitrogen and oxygen atoms in total. The molecule has 0 aromatic carbocycles. The summed E-state index contributed by atoms with van der Waals surface area (Å²) in [4.78, 5) is 3.97. The van der Waals surface area contributed by atoms with Gasteiger partial charge >= 0.3 is 0 Å². The molecule has 0 saturated carbocycles. The Kier molecular flexibility index (Phi) is 3.64. The van der Waals surface area contributed by atoms with E-state index in [0.717, 1.165) is 0 Å². The average Bonchev–Trinajstić information content (AvgIpc) is 3.07. The van der Waals surface area contributed by atoms with Crippen molar-refractivity contribution >= 4 is 44.7 Å². The molecule has 1 aliphatic carbocycles. The van der Waals surface area contributed by atoms with Gasteiger partial charge in [-0.1, -0.05) is 30.4 Å². The maximum Gasteiger partial charge on any atom is 0.0705 e. The van der Waals surface area contributed by atoms with Crippen LogP contribution in [0.15, 0.2) is 58.4 Å². The van der Waals surface area contributed by atoms with Crippen molar-refractivity contribution in [2.45, 2.75) is 0 Å². The van der Waals surface area contributed by atoms with Gasteiger partial charge in [0.05, 0.1) is 3.79 Å². The van der Waals surface area contributed by atoms with Gasteiger partial charge in [-0.05, 0) is 46.3 Å². The number of rotatable bonds is 3. The Morgan fingerprint density at radius 3 is 2.39 bits per heavy atom. The lowest BCUT2D eigenvalue weighted by Gasteiger charge is -1.93. The Bertz CT molecular complexity index is 616. The molecular formula is C15H11BrS2. The van der Waals surface area contributed by atoms with Crippen molar-refractivity contribution in [1.82, 2.24) is 0 Å². The first-order valence-electron chi connectivity index (χ1n) is 5.70. The van der Waals surface area contributed by atoms with E-state index in [1.807, 2.05) is 11.3 Å². The second-order valence-corrected chi connectivity index (χ2v) is 7.59. The highest BCUT2D eigenvalue weighted by molar-refractivity contribution is 9.11. The molecule has 0 spiro atoms. The highest BCUT2D eigenvalue weighted by Crippen LogP contribution is 2.36. The van der Waals surface area contributed by atoms with Crippen LogP contribution in [0.4, 0.5) is 0 Å². The molecule has 2 aromatic heterocycles. The van der Waals surface area contributed by atoms with Crippen molar-refractivity contribution in [3.05, 3.63) is 63.3 Å². The van der Waals surface area contributed by atoms with Crippen molar-refractivity contribution in [2.24, 2.45) is 5.92 Å². The van der Waals surface area contributed by atoms with E-state index in [4.69, 9.17) is 0 Å². The summed E-state index contributed by atoms with van der Waals surface area (Å²) >= 11 is 7.12. The monoisotopic (exact) mass is 334 g/mol. The maximum atomic E-state index is 3.51. The van der Waals surface area contributed by atoms with E-state index >= 15 is 0 Å². The van der Waals surface area contributed by atoms with Crippen LogP contribution in [0.25, 0.3) is 15.8 Å². The van der Waals surface area contributed by atoms with Crippen molar-refractivity contribution in [1.29, 1.82) is 0 Å². The molecule has 0 N–H and O–H groups in total. The van der Waals surface area contributed by atoms with Crippen LogP contribution in [0.3, 0.4) is 0 Å². The SMILES string of the molecule is Brc1ccc(-c2ccc(/C=C/C3C=CC=C3)s2)s1. The van der Waals surface area contributed by atoms with Crippen LogP contribution < -0.4 is 0 Å². The van der Waals surface area contributed by atoms with Crippen molar-refractivity contribution in [2.75, 3.05) is 0 Å². The van der Waals surface area contributed by atoms with Crippen LogP contribution in [-0.4, -0.2) is 0 Å². The fraction of sp³-hybridized carbons (Fsp3) is 0.0667. The fourth-order valence-electron chi connectivity index (χ4n) is 1.80. The average molecular weight is 335 g/mol. The van der Waals surface area contributed by atoms with Gasteiger partial charge in [-0.2, -0.15) is 0 Å². The summed E-state index contributed by atoms with van der Waals surface area (Å²) in [5.74, 6) is 0.464. The molecule has 0 atom stereocenters. The molecule has 3 rings (SSSR count). The largest absolute Gasteiger partial charge is 0.135 e. The molecule has 0 unspecified atom stereocenters. The van der Waals surface area contributed by atoms with E-state index in [9.17, 15) is 0 Å². The highest BCUT2D eigenvalue weighted by Gasteiger charge is 2.04. The minimum Gasteiger partial charge on any atom is -0.135 e. The van der Waals surface area contributed by atoms with Gasteiger partial charge in [-0.25, -0.2) is 0 Å². The third-order valence-corrected chi connectivity index (χ3v) is 5.57. The standard InChI is InChI=1S/C15H11BrS2/c16-15-10-9-14(18-15)13-8-7-12(17-13)6-5-11-3-1-2-4-11/h1-11H/b6-5+. The number of hydrogen-bond donors (Lipinski definition) is 0. The van der Waals surface area contributed by atoms with Gasteiger partial charge in [-0.3, -0.25) is 0 Å². The fourth-order valence-corrected chi connectivity index (χ4v) is 4.20. The zero-order valence-corrected chi connectivity index (χ0v) is 12.8. The molecule has 90 valence electrons. The molecule has 2 heterocycles.